The van der Waals surface area contributed by atoms with Crippen LogP contribution in [0, 0.1) is 5.92 Å². The lowest BCUT2D eigenvalue weighted by atomic mass is 9.99. The summed E-state index contributed by atoms with van der Waals surface area (Å²) in [6, 6.07) is 18.1. The van der Waals surface area contributed by atoms with Gasteiger partial charge in [-0.15, -0.1) is 0 Å². The highest BCUT2D eigenvalue weighted by Gasteiger charge is 2.39. The number of aromatic nitrogens is 2. The summed E-state index contributed by atoms with van der Waals surface area (Å²) in [5, 5.41) is 42.2. The number of para-hydroxylation sites is 2. The molecule has 1 fully saturated rings. The first-order chi connectivity index (χ1) is 40.8. The number of rotatable bonds is 29. The van der Waals surface area contributed by atoms with Gasteiger partial charge in [0.15, 0.2) is 5.96 Å². The number of nitrogens with zero attached hydrogens (tertiary/aromatic N) is 2. The molecule has 15 N–H and O–H groups in total. The summed E-state index contributed by atoms with van der Waals surface area (Å²) in [4.78, 5) is 126. The van der Waals surface area contributed by atoms with Gasteiger partial charge in [0.25, 0.3) is 0 Å². The van der Waals surface area contributed by atoms with E-state index < -0.39 is 90.3 Å². The molecule has 0 spiro atoms. The van der Waals surface area contributed by atoms with Gasteiger partial charge in [0, 0.05) is 78.1 Å². The number of amides is 8. The molecule has 0 unspecified atom stereocenters. The molecule has 2 aromatic heterocycles. The molecule has 7 rings (SSSR count). The number of fused-ring (bicyclic) bond motifs is 2. The number of likely N-dealkylation sites (N-methyl/N-ethyl adjacent to an activating group) is 1. The van der Waals surface area contributed by atoms with Crippen LogP contribution in [0.5, 0.6) is 5.75 Å². The molecular formula is C61H76ClN13O10. The molecule has 85 heavy (non-hydrogen) atoms. The van der Waals surface area contributed by atoms with Gasteiger partial charge in [-0.3, -0.25) is 43.3 Å². The van der Waals surface area contributed by atoms with Crippen molar-refractivity contribution in [1.29, 1.82) is 0 Å². The topological polar surface area (TPSA) is 360 Å². The number of hydrogen-bond donors (Lipinski definition) is 13. The lowest BCUT2D eigenvalue weighted by Crippen LogP contribution is -2.61. The van der Waals surface area contributed by atoms with E-state index in [1.807, 2.05) is 62.4 Å². The van der Waals surface area contributed by atoms with Crippen molar-refractivity contribution in [3.05, 3.63) is 137 Å². The molecule has 0 saturated carbocycles. The first kappa shape index (κ1) is 63.6. The van der Waals surface area contributed by atoms with Crippen molar-refractivity contribution in [2.24, 2.45) is 22.4 Å². The normalized spacial score (nSPS) is 15.2. The van der Waals surface area contributed by atoms with E-state index in [4.69, 9.17) is 23.1 Å². The zero-order valence-corrected chi connectivity index (χ0v) is 48.5. The molecule has 452 valence electrons. The summed E-state index contributed by atoms with van der Waals surface area (Å²) in [7, 11) is 0. The van der Waals surface area contributed by atoms with E-state index in [2.05, 4.69) is 52.2 Å². The van der Waals surface area contributed by atoms with Crippen LogP contribution in [0.4, 0.5) is 0 Å². The number of phenolic OH excluding ortho intramolecular Hbond substituents is 1. The highest BCUT2D eigenvalue weighted by molar-refractivity contribution is 6.30. The van der Waals surface area contributed by atoms with E-state index in [-0.39, 0.29) is 81.6 Å². The predicted octanol–water partition coefficient (Wildman–Crippen LogP) is 2.41. The van der Waals surface area contributed by atoms with Crippen molar-refractivity contribution in [2.45, 2.75) is 121 Å². The first-order valence-corrected chi connectivity index (χ1v) is 28.9. The standard InChI is InChI=1S/C61H76ClN13O10/c1-4-65-59(84)52-16-10-26-75(52)60(85)46(15-9-25-66-61(63)64)70-54(79)47(27-35(2)3)71-57(82)50(31-39-33-68-45-14-8-6-12-43(39)45)73-55(80)48(28-36-19-23-41(77)24-20-36)72-58(83)51(34-76)74-56(81)49(30-38-32-67-44-13-7-5-11-42(38)44)69-53(78)29-37-17-21-40(62)22-18-37/h5-8,11-14,17-24,32-33,35,46-52,67-68,76-77H,4,9-10,15-16,25-31,34H2,1-3H3,(H,65,84)(H,69,78)(H,70,79)(H,71,82)(H,72,83)(H,73,80)(H,74,81)(H4,63,64,66)/t46-,47-,48-,49-,50+,51-,52-/m0/s1. The largest absolute Gasteiger partial charge is 0.508 e. The number of hydrogen-bond acceptors (Lipinski definition) is 11. The molecule has 24 heteroatoms. The number of guanidine groups is 1. The van der Waals surface area contributed by atoms with Gasteiger partial charge < -0.3 is 73.8 Å². The van der Waals surface area contributed by atoms with Crippen LogP contribution in [0.3, 0.4) is 0 Å². The number of aliphatic hydroxyl groups is 1. The number of nitrogens with one attached hydrogen (secondary N) is 9. The minimum atomic E-state index is -1.67. The summed E-state index contributed by atoms with van der Waals surface area (Å²) in [6.07, 6.45) is 4.38. The quantitative estimate of drug-likeness (QED) is 0.0183. The number of nitrogens with two attached hydrogens (primary N) is 2. The van der Waals surface area contributed by atoms with Crippen LogP contribution in [-0.2, 0) is 64.0 Å². The Morgan fingerprint density at radius 3 is 1.73 bits per heavy atom. The average Bonchev–Trinajstić information content (AvgIpc) is 4.20. The van der Waals surface area contributed by atoms with Gasteiger partial charge in [-0.05, 0) is 104 Å². The molecule has 0 radical (unpaired) electrons. The van der Waals surface area contributed by atoms with Crippen LogP contribution >= 0.6 is 11.6 Å². The van der Waals surface area contributed by atoms with Crippen molar-refractivity contribution in [3.8, 4) is 5.75 Å². The fraction of sp³-hybridized carbons (Fsp3) is 0.393. The Morgan fingerprint density at radius 2 is 1.16 bits per heavy atom. The molecule has 7 atom stereocenters. The van der Waals surface area contributed by atoms with Crippen molar-refractivity contribution in [3.63, 3.8) is 0 Å². The second-order valence-electron chi connectivity index (χ2n) is 21.6. The minimum Gasteiger partial charge on any atom is -0.508 e. The van der Waals surface area contributed by atoms with Crippen LogP contribution in [0.15, 0.2) is 114 Å². The fourth-order valence-electron chi connectivity index (χ4n) is 10.4. The van der Waals surface area contributed by atoms with E-state index in [1.165, 1.54) is 29.2 Å². The Labute approximate surface area is 497 Å². The maximum Gasteiger partial charge on any atom is 0.245 e. The monoisotopic (exact) mass is 1190 g/mol. The molecule has 3 heterocycles. The molecule has 1 aliphatic rings. The first-order valence-electron chi connectivity index (χ1n) is 28.5. The van der Waals surface area contributed by atoms with Crippen molar-refractivity contribution in [1.82, 2.24) is 52.1 Å². The van der Waals surface area contributed by atoms with Crippen LogP contribution < -0.4 is 48.7 Å². The number of aliphatic imine (C=N–C) groups is 1. The van der Waals surface area contributed by atoms with E-state index in [9.17, 15) is 48.6 Å². The average molecular weight is 1190 g/mol. The zero-order chi connectivity index (χ0) is 61.2. The smallest absolute Gasteiger partial charge is 0.245 e. The van der Waals surface area contributed by atoms with Crippen LogP contribution in [0.25, 0.3) is 21.8 Å². The Morgan fingerprint density at radius 1 is 0.659 bits per heavy atom. The predicted molar refractivity (Wildman–Crippen MR) is 322 cm³/mol. The molecule has 8 amide bonds. The van der Waals surface area contributed by atoms with Crippen molar-refractivity contribution in [2.75, 3.05) is 26.2 Å². The second-order valence-corrected chi connectivity index (χ2v) is 22.0. The Kier molecular flexibility index (Phi) is 22.9. The Balaban J connectivity index is 1.14. The van der Waals surface area contributed by atoms with E-state index in [0.717, 1.165) is 21.8 Å². The maximum atomic E-state index is 15.0. The number of aromatic amines is 2. The summed E-state index contributed by atoms with van der Waals surface area (Å²) >= 11 is 6.08. The van der Waals surface area contributed by atoms with Crippen molar-refractivity contribution >= 4 is 86.6 Å². The molecule has 1 aliphatic heterocycles. The molecule has 6 aromatic rings. The number of H-pyrrole nitrogens is 2. The second kappa shape index (κ2) is 30.5. The van der Waals surface area contributed by atoms with E-state index in [0.29, 0.717) is 46.7 Å². The third kappa shape index (κ3) is 18.0. The maximum absolute atomic E-state index is 15.0. The van der Waals surface area contributed by atoms with Gasteiger partial charge in [0.2, 0.25) is 47.3 Å². The molecule has 23 nitrogen and oxygen atoms in total. The minimum absolute atomic E-state index is 0.0228. The van der Waals surface area contributed by atoms with Gasteiger partial charge in [0.05, 0.1) is 13.0 Å². The SMILES string of the molecule is CCNC(=O)[C@@H]1CCCN1C(=O)[C@H](CCCN=C(N)N)NC(=O)[C@H](CC(C)C)NC(=O)[C@@H](Cc1c[nH]c2ccccc12)NC(=O)[C@H](Cc1ccc(O)cc1)NC(=O)[C@H](CO)NC(=O)[C@H](Cc1c[nH]c2ccccc12)NC(=O)Cc1ccc(Cl)cc1. The Bertz CT molecular complexity index is 3330. The molecule has 4 aromatic carbocycles. The van der Waals surface area contributed by atoms with Gasteiger partial charge in [-0.25, -0.2) is 0 Å². The fourth-order valence-corrected chi connectivity index (χ4v) is 10.5. The number of likely N-dealkylation sites (tertiary alicyclic amines) is 1. The number of carbonyl (C=O) groups is 8. The lowest BCUT2D eigenvalue weighted by molar-refractivity contribution is -0.142. The summed E-state index contributed by atoms with van der Waals surface area (Å²) < 4.78 is 0. The highest BCUT2D eigenvalue weighted by atomic mass is 35.5. The third-order valence-electron chi connectivity index (χ3n) is 14.7. The summed E-state index contributed by atoms with van der Waals surface area (Å²) in [6.45, 7) is 5.31. The summed E-state index contributed by atoms with van der Waals surface area (Å²) in [5.41, 5.74) is 15.1. The van der Waals surface area contributed by atoms with E-state index >= 15 is 0 Å². The highest BCUT2D eigenvalue weighted by Crippen LogP contribution is 2.24. The van der Waals surface area contributed by atoms with Crippen LogP contribution in [0.1, 0.15) is 75.1 Å². The number of aliphatic hydroxyl groups excluding tert-OH is 1. The number of benzene rings is 4. The Hall–Kier alpha value is -8.96. The van der Waals surface area contributed by atoms with E-state index in [1.54, 1.807) is 43.6 Å². The number of halogens is 1. The lowest BCUT2D eigenvalue weighted by Gasteiger charge is -2.30. The van der Waals surface area contributed by atoms with Crippen LogP contribution in [0.2, 0.25) is 5.02 Å². The third-order valence-corrected chi connectivity index (χ3v) is 14.9. The number of phenols is 1. The number of carbonyl (C=O) groups excluding carboxylic acids is 8. The van der Waals surface area contributed by atoms with Gasteiger partial charge in [0.1, 0.15) is 48.0 Å². The van der Waals surface area contributed by atoms with Gasteiger partial charge in [-0.1, -0.05) is 86.1 Å². The zero-order valence-electron chi connectivity index (χ0n) is 47.8. The molecule has 0 aliphatic carbocycles. The molecular weight excluding hydrogens is 1110 g/mol. The van der Waals surface area contributed by atoms with Crippen molar-refractivity contribution < 1.29 is 48.6 Å². The molecule has 0 bridgehead atoms. The summed E-state index contributed by atoms with van der Waals surface area (Å²) in [5.74, 6) is -5.90. The van der Waals surface area contributed by atoms with Gasteiger partial charge in [-0.2, -0.15) is 0 Å². The van der Waals surface area contributed by atoms with Gasteiger partial charge >= 0.3 is 0 Å². The van der Waals surface area contributed by atoms with Crippen LogP contribution in [-0.4, -0.2) is 147 Å². The molecule has 1 saturated heterocycles. The number of aromatic hydroxyl groups is 1.